The highest BCUT2D eigenvalue weighted by Gasteiger charge is 2.27. The Morgan fingerprint density at radius 3 is 2.75 bits per heavy atom. The van der Waals surface area contributed by atoms with Crippen LogP contribution in [0.5, 0.6) is 5.75 Å². The summed E-state index contributed by atoms with van der Waals surface area (Å²) in [6.45, 7) is 4.75. The minimum absolute atomic E-state index is 0. The van der Waals surface area contributed by atoms with Gasteiger partial charge < -0.3 is 25.2 Å². The number of nitrogens with zero attached hydrogens (tertiary/aromatic N) is 4. The molecule has 0 spiro atoms. The molecule has 7 nitrogen and oxygen atoms in total. The molecule has 2 saturated heterocycles. The fourth-order valence-corrected chi connectivity index (χ4v) is 4.66. The lowest BCUT2D eigenvalue weighted by molar-refractivity contribution is 0.414. The average Bonchev–Trinajstić information content (AvgIpc) is 3.46. The first-order valence-corrected chi connectivity index (χ1v) is 11.3. The summed E-state index contributed by atoms with van der Waals surface area (Å²) in [5, 5.41) is 7.79. The van der Waals surface area contributed by atoms with Crippen LogP contribution in [0.3, 0.4) is 0 Å². The summed E-state index contributed by atoms with van der Waals surface area (Å²) in [4.78, 5) is 13.5. The highest BCUT2D eigenvalue weighted by molar-refractivity contribution is 14.0. The first kappa shape index (κ1) is 24.7. The van der Waals surface area contributed by atoms with Crippen molar-refractivity contribution >= 4 is 53.0 Å². The van der Waals surface area contributed by atoms with Crippen LogP contribution in [-0.2, 0) is 0 Å². The van der Waals surface area contributed by atoms with E-state index >= 15 is 0 Å². The monoisotopic (exact) mass is 570 g/mol. The van der Waals surface area contributed by atoms with Crippen molar-refractivity contribution in [1.29, 1.82) is 0 Å². The molecular formula is C23H32ClIN6O. The number of guanidine groups is 1. The van der Waals surface area contributed by atoms with Crippen molar-refractivity contribution in [3.63, 3.8) is 0 Å². The number of para-hydroxylation sites is 2. The maximum Gasteiger partial charge on any atom is 0.191 e. The fraction of sp³-hybridized carbons (Fsp3) is 0.478. The van der Waals surface area contributed by atoms with Gasteiger partial charge in [-0.25, -0.2) is 4.98 Å². The summed E-state index contributed by atoms with van der Waals surface area (Å²) in [5.74, 6) is 3.22. The van der Waals surface area contributed by atoms with Crippen molar-refractivity contribution in [2.45, 2.75) is 18.9 Å². The molecule has 0 saturated carbocycles. The zero-order chi connectivity index (χ0) is 21.6. The quantitative estimate of drug-likeness (QED) is 0.314. The van der Waals surface area contributed by atoms with Crippen LogP contribution in [0.15, 0.2) is 47.6 Å². The molecule has 2 aliphatic heterocycles. The predicted molar refractivity (Wildman–Crippen MR) is 143 cm³/mol. The normalized spacial score (nSPS) is 20.8. The molecule has 32 heavy (non-hydrogen) atoms. The third kappa shape index (κ3) is 5.89. The summed E-state index contributed by atoms with van der Waals surface area (Å²) in [7, 11) is 3.56. The molecule has 2 aromatic rings. The average molecular weight is 571 g/mol. The third-order valence-corrected chi connectivity index (χ3v) is 6.36. The van der Waals surface area contributed by atoms with Gasteiger partial charge in [0.1, 0.15) is 11.6 Å². The molecular weight excluding hydrogens is 539 g/mol. The van der Waals surface area contributed by atoms with Crippen molar-refractivity contribution in [1.82, 2.24) is 15.6 Å². The molecule has 2 N–H and O–H groups in total. The third-order valence-electron chi connectivity index (χ3n) is 6.06. The van der Waals surface area contributed by atoms with Gasteiger partial charge in [-0.1, -0.05) is 23.7 Å². The number of hydrogen-bond acceptors (Lipinski definition) is 5. The molecule has 0 radical (unpaired) electrons. The first-order valence-electron chi connectivity index (χ1n) is 10.9. The summed E-state index contributed by atoms with van der Waals surface area (Å²) in [6, 6.07) is 12.3. The Labute approximate surface area is 212 Å². The summed E-state index contributed by atoms with van der Waals surface area (Å²) in [5.41, 5.74) is 1.18. The Kier molecular flexibility index (Phi) is 9.10. The number of pyridine rings is 1. The standard InChI is InChI=1S/C23H31ClN6O.HI/c1-25-23(28-18-10-13-30(16-18)22-19(24)6-5-11-26-22)27-14-17-9-12-29(15-17)20-7-3-4-8-21(20)31-2;/h3-8,11,17-18H,9-10,12-16H2,1-2H3,(H2,25,27,28);1H. The maximum atomic E-state index is 6.31. The van der Waals surface area contributed by atoms with Gasteiger partial charge in [0.05, 0.1) is 17.8 Å². The molecule has 174 valence electrons. The Balaban J connectivity index is 0.00000289. The van der Waals surface area contributed by atoms with E-state index in [1.165, 1.54) is 5.69 Å². The number of benzene rings is 1. The van der Waals surface area contributed by atoms with Gasteiger partial charge in [0.15, 0.2) is 5.96 Å². The first-order chi connectivity index (χ1) is 15.2. The lowest BCUT2D eigenvalue weighted by Crippen LogP contribution is -2.46. The smallest absolute Gasteiger partial charge is 0.191 e. The van der Waals surface area contributed by atoms with Gasteiger partial charge in [-0.05, 0) is 43.0 Å². The molecule has 2 atom stereocenters. The van der Waals surface area contributed by atoms with Crippen LogP contribution < -0.4 is 25.2 Å². The SMILES string of the molecule is CN=C(NCC1CCN(c2ccccc2OC)C1)NC1CCN(c2ncccc2Cl)C1.I. The van der Waals surface area contributed by atoms with Gasteiger partial charge in [-0.3, -0.25) is 4.99 Å². The zero-order valence-electron chi connectivity index (χ0n) is 18.6. The molecule has 2 aliphatic rings. The second-order valence-corrected chi connectivity index (χ2v) is 8.52. The lowest BCUT2D eigenvalue weighted by Gasteiger charge is -2.22. The molecule has 0 amide bonds. The lowest BCUT2D eigenvalue weighted by atomic mass is 10.1. The van der Waals surface area contributed by atoms with Crippen molar-refractivity contribution in [3.8, 4) is 5.75 Å². The van der Waals surface area contributed by atoms with Gasteiger partial charge >= 0.3 is 0 Å². The van der Waals surface area contributed by atoms with Crippen LogP contribution >= 0.6 is 35.6 Å². The number of anilines is 2. The molecule has 0 aliphatic carbocycles. The summed E-state index contributed by atoms with van der Waals surface area (Å²) >= 11 is 6.31. The van der Waals surface area contributed by atoms with E-state index < -0.39 is 0 Å². The van der Waals surface area contributed by atoms with E-state index in [1.54, 1.807) is 13.3 Å². The number of ether oxygens (including phenoxy) is 1. The molecule has 2 unspecified atom stereocenters. The van der Waals surface area contributed by atoms with Crippen molar-refractivity contribution < 1.29 is 4.74 Å². The Bertz CT molecular complexity index is 914. The maximum absolute atomic E-state index is 6.31. The van der Waals surface area contributed by atoms with E-state index in [9.17, 15) is 0 Å². The number of aliphatic imine (C=N–C) groups is 1. The number of nitrogens with one attached hydrogen (secondary N) is 2. The Hall–Kier alpha value is -1.94. The van der Waals surface area contributed by atoms with Crippen molar-refractivity contribution in [2.24, 2.45) is 10.9 Å². The van der Waals surface area contributed by atoms with E-state index in [4.69, 9.17) is 16.3 Å². The molecule has 3 heterocycles. The molecule has 4 rings (SSSR count). The second kappa shape index (κ2) is 11.8. The van der Waals surface area contributed by atoms with Crippen molar-refractivity contribution in [3.05, 3.63) is 47.6 Å². The number of hydrogen-bond donors (Lipinski definition) is 2. The summed E-state index contributed by atoms with van der Waals surface area (Å²) in [6.07, 6.45) is 3.97. The second-order valence-electron chi connectivity index (χ2n) is 8.11. The van der Waals surface area contributed by atoms with E-state index in [0.717, 1.165) is 63.1 Å². The molecule has 0 bridgehead atoms. The van der Waals surface area contributed by atoms with Gasteiger partial charge in [0.25, 0.3) is 0 Å². The predicted octanol–water partition coefficient (Wildman–Crippen LogP) is 3.63. The largest absolute Gasteiger partial charge is 0.495 e. The minimum Gasteiger partial charge on any atom is -0.495 e. The van der Waals surface area contributed by atoms with Crippen LogP contribution in [0.4, 0.5) is 11.5 Å². The molecule has 9 heteroatoms. The van der Waals surface area contributed by atoms with Gasteiger partial charge in [0, 0.05) is 52.0 Å². The van der Waals surface area contributed by atoms with Gasteiger partial charge in [-0.15, -0.1) is 24.0 Å². The number of halogens is 2. The van der Waals surface area contributed by atoms with Crippen molar-refractivity contribution in [2.75, 3.05) is 56.7 Å². The van der Waals surface area contributed by atoms with Gasteiger partial charge in [-0.2, -0.15) is 0 Å². The van der Waals surface area contributed by atoms with E-state index in [2.05, 4.69) is 42.5 Å². The van der Waals surface area contributed by atoms with E-state index in [1.807, 2.05) is 31.3 Å². The summed E-state index contributed by atoms with van der Waals surface area (Å²) < 4.78 is 5.53. The molecule has 1 aromatic heterocycles. The fourth-order valence-electron chi connectivity index (χ4n) is 4.42. The van der Waals surface area contributed by atoms with E-state index in [-0.39, 0.29) is 24.0 Å². The van der Waals surface area contributed by atoms with Crippen LogP contribution in [0.1, 0.15) is 12.8 Å². The number of rotatable bonds is 6. The molecule has 1 aromatic carbocycles. The Morgan fingerprint density at radius 1 is 1.16 bits per heavy atom. The number of methoxy groups -OCH3 is 1. The highest BCUT2D eigenvalue weighted by Crippen LogP contribution is 2.31. The number of aromatic nitrogens is 1. The van der Waals surface area contributed by atoms with Crippen LogP contribution in [0.2, 0.25) is 5.02 Å². The highest BCUT2D eigenvalue weighted by atomic mass is 127. The van der Waals surface area contributed by atoms with Crippen LogP contribution in [0, 0.1) is 5.92 Å². The zero-order valence-corrected chi connectivity index (χ0v) is 21.7. The topological polar surface area (TPSA) is 65.0 Å². The minimum atomic E-state index is 0. The Morgan fingerprint density at radius 2 is 1.97 bits per heavy atom. The van der Waals surface area contributed by atoms with E-state index in [0.29, 0.717) is 17.0 Å². The molecule has 2 fully saturated rings. The van der Waals surface area contributed by atoms with Crippen LogP contribution in [0.25, 0.3) is 0 Å². The van der Waals surface area contributed by atoms with Crippen LogP contribution in [-0.4, -0.2) is 63.9 Å². The van der Waals surface area contributed by atoms with Gasteiger partial charge in [0.2, 0.25) is 0 Å².